The molecule has 4 nitrogen and oxygen atoms in total. The lowest BCUT2D eigenvalue weighted by Gasteiger charge is -2.17. The van der Waals surface area contributed by atoms with Crippen LogP contribution >= 0.6 is 0 Å². The average molecular weight is 321 g/mol. The Morgan fingerprint density at radius 2 is 1.79 bits per heavy atom. The molecule has 0 saturated carbocycles. The van der Waals surface area contributed by atoms with E-state index in [0.717, 1.165) is 31.5 Å². The molecule has 1 aliphatic heterocycles. The van der Waals surface area contributed by atoms with Crippen LogP contribution in [0.4, 0.5) is 4.39 Å². The van der Waals surface area contributed by atoms with E-state index in [0.29, 0.717) is 22.2 Å². The Kier molecular flexibility index (Phi) is 3.69. The summed E-state index contributed by atoms with van der Waals surface area (Å²) >= 11 is 0. The van der Waals surface area contributed by atoms with Gasteiger partial charge in [-0.15, -0.1) is 0 Å². The Hall–Kier alpha value is -2.82. The summed E-state index contributed by atoms with van der Waals surface area (Å²) in [5, 5.41) is 0.560. The monoisotopic (exact) mass is 321 g/mol. The number of carbonyl (C=O) groups excluding carboxylic acids is 1. The molecular weight excluding hydrogens is 305 g/mol. The molecule has 1 fully saturated rings. The number of hydrogen-bond acceptors (Lipinski definition) is 3. The molecule has 0 N–H and O–H groups in total. The molecule has 0 unspecified atom stereocenters. The van der Waals surface area contributed by atoms with Crippen molar-refractivity contribution in [3.05, 3.63) is 60.2 Å². The minimum absolute atomic E-state index is 0.0548. The highest BCUT2D eigenvalue weighted by atomic mass is 19.1. The lowest BCUT2D eigenvalue weighted by molar-refractivity contribution is 0.0794. The summed E-state index contributed by atoms with van der Waals surface area (Å²) in [6, 6.07) is 9.84. The van der Waals surface area contributed by atoms with Crippen LogP contribution in [0.2, 0.25) is 0 Å². The molecule has 0 atom stereocenters. The number of nitrogens with zero attached hydrogens (tertiary/aromatic N) is 3. The number of likely N-dealkylation sites (tertiary alicyclic amines) is 1. The summed E-state index contributed by atoms with van der Waals surface area (Å²) in [7, 11) is 0. The Balaban J connectivity index is 1.91. The molecular formula is C19H16FN3O. The predicted molar refractivity (Wildman–Crippen MR) is 90.1 cm³/mol. The number of fused-ring (bicyclic) bond motifs is 1. The van der Waals surface area contributed by atoms with Crippen molar-refractivity contribution >= 4 is 16.8 Å². The zero-order valence-electron chi connectivity index (χ0n) is 13.1. The zero-order valence-corrected chi connectivity index (χ0v) is 13.1. The van der Waals surface area contributed by atoms with Gasteiger partial charge in [0.15, 0.2) is 0 Å². The fourth-order valence-electron chi connectivity index (χ4n) is 3.14. The molecule has 0 bridgehead atoms. The highest BCUT2D eigenvalue weighted by Crippen LogP contribution is 2.27. The summed E-state index contributed by atoms with van der Waals surface area (Å²) < 4.78 is 13.7. The minimum atomic E-state index is -0.364. The molecule has 1 amide bonds. The van der Waals surface area contributed by atoms with Gasteiger partial charge in [0.2, 0.25) is 0 Å². The topological polar surface area (TPSA) is 46.1 Å². The summed E-state index contributed by atoms with van der Waals surface area (Å²) in [5.74, 6) is -0.419. The molecule has 0 aliphatic carbocycles. The lowest BCUT2D eigenvalue weighted by Crippen LogP contribution is -2.27. The average Bonchev–Trinajstić information content (AvgIpc) is 3.15. The summed E-state index contributed by atoms with van der Waals surface area (Å²) in [4.78, 5) is 23.4. The van der Waals surface area contributed by atoms with Crippen molar-refractivity contribution < 1.29 is 9.18 Å². The molecule has 0 spiro atoms. The molecule has 3 heterocycles. The molecule has 2 aromatic heterocycles. The third-order valence-corrected chi connectivity index (χ3v) is 4.37. The maximum absolute atomic E-state index is 13.7. The maximum Gasteiger partial charge on any atom is 0.254 e. The number of pyridine rings is 2. The first-order valence-corrected chi connectivity index (χ1v) is 8.02. The third kappa shape index (κ3) is 2.62. The van der Waals surface area contributed by atoms with Gasteiger partial charge in [0.05, 0.1) is 16.8 Å². The van der Waals surface area contributed by atoms with Gasteiger partial charge in [-0.05, 0) is 49.2 Å². The van der Waals surface area contributed by atoms with Crippen molar-refractivity contribution in [2.75, 3.05) is 13.1 Å². The third-order valence-electron chi connectivity index (χ3n) is 4.37. The van der Waals surface area contributed by atoms with E-state index in [1.807, 2.05) is 17.0 Å². The van der Waals surface area contributed by atoms with Gasteiger partial charge in [-0.2, -0.15) is 0 Å². The number of amides is 1. The van der Waals surface area contributed by atoms with Gasteiger partial charge in [0.1, 0.15) is 5.82 Å². The number of halogens is 1. The summed E-state index contributed by atoms with van der Waals surface area (Å²) in [5.41, 5.74) is 2.70. The largest absolute Gasteiger partial charge is 0.339 e. The Bertz CT molecular complexity index is 905. The number of rotatable bonds is 2. The van der Waals surface area contributed by atoms with Crippen molar-refractivity contribution in [3.63, 3.8) is 0 Å². The highest BCUT2D eigenvalue weighted by molar-refractivity contribution is 6.07. The Labute approximate surface area is 139 Å². The standard InChI is InChI=1S/C19H16FN3O/c20-14-3-4-17-15(11-14)16(19(24)23-9-1-2-10-23)12-18(22-17)13-5-7-21-8-6-13/h3-8,11-12H,1-2,9-10H2. The number of carbonyl (C=O) groups is 1. The zero-order chi connectivity index (χ0) is 16.5. The quantitative estimate of drug-likeness (QED) is 0.723. The fraction of sp³-hybridized carbons (Fsp3) is 0.211. The van der Waals surface area contributed by atoms with Crippen LogP contribution in [-0.2, 0) is 0 Å². The van der Waals surface area contributed by atoms with Crippen LogP contribution in [-0.4, -0.2) is 33.9 Å². The van der Waals surface area contributed by atoms with E-state index in [-0.39, 0.29) is 11.7 Å². The second-order valence-corrected chi connectivity index (χ2v) is 5.95. The van der Waals surface area contributed by atoms with Gasteiger partial charge in [0.25, 0.3) is 5.91 Å². The van der Waals surface area contributed by atoms with Gasteiger partial charge in [0, 0.05) is 36.4 Å². The van der Waals surface area contributed by atoms with E-state index in [9.17, 15) is 9.18 Å². The molecule has 3 aromatic rings. The normalized spacial score (nSPS) is 14.3. The summed E-state index contributed by atoms with van der Waals surface area (Å²) in [6.45, 7) is 1.51. The Morgan fingerprint density at radius 3 is 2.54 bits per heavy atom. The fourth-order valence-corrected chi connectivity index (χ4v) is 3.14. The molecule has 120 valence electrons. The molecule has 1 saturated heterocycles. The number of benzene rings is 1. The first-order chi connectivity index (χ1) is 11.7. The number of aromatic nitrogens is 2. The maximum atomic E-state index is 13.7. The van der Waals surface area contributed by atoms with Crippen LogP contribution in [0, 0.1) is 5.82 Å². The van der Waals surface area contributed by atoms with E-state index in [1.165, 1.54) is 12.1 Å². The van der Waals surface area contributed by atoms with Crippen molar-refractivity contribution in [2.24, 2.45) is 0 Å². The van der Waals surface area contributed by atoms with Gasteiger partial charge in [-0.25, -0.2) is 9.37 Å². The van der Waals surface area contributed by atoms with Crippen molar-refractivity contribution in [3.8, 4) is 11.3 Å². The summed E-state index contributed by atoms with van der Waals surface area (Å²) in [6.07, 6.45) is 5.41. The van der Waals surface area contributed by atoms with Gasteiger partial charge in [-0.1, -0.05) is 0 Å². The predicted octanol–water partition coefficient (Wildman–Crippen LogP) is 3.67. The van der Waals surface area contributed by atoms with Crippen LogP contribution in [0.15, 0.2) is 48.8 Å². The lowest BCUT2D eigenvalue weighted by atomic mass is 10.0. The van der Waals surface area contributed by atoms with Crippen LogP contribution in [0.3, 0.4) is 0 Å². The first kappa shape index (κ1) is 14.8. The second kappa shape index (κ2) is 6.00. The van der Waals surface area contributed by atoms with Crippen molar-refractivity contribution in [1.29, 1.82) is 0 Å². The van der Waals surface area contributed by atoms with E-state index >= 15 is 0 Å². The van der Waals surface area contributed by atoms with E-state index in [2.05, 4.69) is 9.97 Å². The molecule has 0 radical (unpaired) electrons. The first-order valence-electron chi connectivity index (χ1n) is 8.02. The van der Waals surface area contributed by atoms with E-state index in [4.69, 9.17) is 0 Å². The second-order valence-electron chi connectivity index (χ2n) is 5.95. The van der Waals surface area contributed by atoms with Crippen molar-refractivity contribution in [1.82, 2.24) is 14.9 Å². The van der Waals surface area contributed by atoms with Gasteiger partial charge < -0.3 is 4.90 Å². The molecule has 24 heavy (non-hydrogen) atoms. The van der Waals surface area contributed by atoms with Crippen LogP contribution in [0.5, 0.6) is 0 Å². The van der Waals surface area contributed by atoms with E-state index < -0.39 is 0 Å². The van der Waals surface area contributed by atoms with Crippen LogP contribution in [0.25, 0.3) is 22.2 Å². The van der Waals surface area contributed by atoms with E-state index in [1.54, 1.807) is 24.5 Å². The molecule has 5 heteroatoms. The minimum Gasteiger partial charge on any atom is -0.339 e. The molecule has 1 aromatic carbocycles. The Morgan fingerprint density at radius 1 is 1.04 bits per heavy atom. The number of hydrogen-bond donors (Lipinski definition) is 0. The van der Waals surface area contributed by atoms with Crippen LogP contribution < -0.4 is 0 Å². The SMILES string of the molecule is O=C(c1cc(-c2ccncc2)nc2ccc(F)cc12)N1CCCC1. The smallest absolute Gasteiger partial charge is 0.254 e. The molecule has 1 aliphatic rings. The van der Waals surface area contributed by atoms with Crippen LogP contribution in [0.1, 0.15) is 23.2 Å². The van der Waals surface area contributed by atoms with Gasteiger partial charge in [-0.3, -0.25) is 9.78 Å². The van der Waals surface area contributed by atoms with Gasteiger partial charge >= 0.3 is 0 Å². The molecule has 4 rings (SSSR count). The highest BCUT2D eigenvalue weighted by Gasteiger charge is 2.22. The van der Waals surface area contributed by atoms with Crippen molar-refractivity contribution in [2.45, 2.75) is 12.8 Å².